The summed E-state index contributed by atoms with van der Waals surface area (Å²) >= 11 is 1.44. The molecule has 1 aliphatic rings. The summed E-state index contributed by atoms with van der Waals surface area (Å²) in [4.78, 5) is 25.0. The number of aromatic nitrogens is 4. The molecule has 7 nitrogen and oxygen atoms in total. The first kappa shape index (κ1) is 19.1. The van der Waals surface area contributed by atoms with Crippen molar-refractivity contribution in [1.29, 1.82) is 0 Å². The summed E-state index contributed by atoms with van der Waals surface area (Å²) in [6.07, 6.45) is 6.62. The molecular formula is C20H27N5O2S. The zero-order valence-corrected chi connectivity index (χ0v) is 17.3. The van der Waals surface area contributed by atoms with E-state index < -0.39 is 0 Å². The number of fused-ring (bicyclic) bond motifs is 3. The van der Waals surface area contributed by atoms with Crippen molar-refractivity contribution in [3.63, 3.8) is 0 Å². The molecule has 28 heavy (non-hydrogen) atoms. The molecule has 1 N–H and O–H groups in total. The fourth-order valence-corrected chi connectivity index (χ4v) is 5.07. The van der Waals surface area contributed by atoms with Gasteiger partial charge in [-0.2, -0.15) is 0 Å². The molecule has 0 saturated heterocycles. The first-order valence-electron chi connectivity index (χ1n) is 10.2. The summed E-state index contributed by atoms with van der Waals surface area (Å²) in [5.74, 6) is 2.07. The molecule has 1 aliphatic carbocycles. The number of carbonyl (C=O) groups excluding carboxylic acids is 1. The molecule has 0 aromatic carbocycles. The Morgan fingerprint density at radius 1 is 1.32 bits per heavy atom. The Morgan fingerprint density at radius 2 is 2.14 bits per heavy atom. The topological polar surface area (TPSA) is 81.3 Å². The van der Waals surface area contributed by atoms with Crippen LogP contribution in [0.4, 0.5) is 0 Å². The molecule has 0 radical (unpaired) electrons. The predicted octanol–water partition coefficient (Wildman–Crippen LogP) is 3.14. The number of thiophene rings is 1. The Hall–Kier alpha value is -2.22. The summed E-state index contributed by atoms with van der Waals surface area (Å²) in [5, 5.41) is 13.7. The minimum absolute atomic E-state index is 0.0140. The average molecular weight is 402 g/mol. The SMILES string of the molecule is CCn1c(=O)c2sccc2n2c(CCCC(=O)N[C@@H]3CCCC[C@@H]3C)nnc12. The van der Waals surface area contributed by atoms with Crippen LogP contribution in [0.25, 0.3) is 16.0 Å². The Labute approximate surface area is 167 Å². The number of amides is 1. The van der Waals surface area contributed by atoms with Gasteiger partial charge in [-0.15, -0.1) is 21.5 Å². The first-order valence-corrected chi connectivity index (χ1v) is 11.1. The predicted molar refractivity (Wildman–Crippen MR) is 111 cm³/mol. The van der Waals surface area contributed by atoms with Gasteiger partial charge in [-0.3, -0.25) is 18.6 Å². The lowest BCUT2D eigenvalue weighted by molar-refractivity contribution is -0.122. The molecule has 0 bridgehead atoms. The highest BCUT2D eigenvalue weighted by molar-refractivity contribution is 7.17. The van der Waals surface area contributed by atoms with Crippen molar-refractivity contribution in [3.8, 4) is 0 Å². The summed E-state index contributed by atoms with van der Waals surface area (Å²) in [6, 6.07) is 2.26. The van der Waals surface area contributed by atoms with Crippen LogP contribution in [-0.2, 0) is 17.8 Å². The second-order valence-electron chi connectivity index (χ2n) is 7.73. The van der Waals surface area contributed by atoms with Crippen LogP contribution in [0.5, 0.6) is 0 Å². The third-order valence-corrected chi connectivity index (χ3v) is 6.75. The molecule has 3 heterocycles. The Balaban J connectivity index is 1.48. The van der Waals surface area contributed by atoms with Crippen LogP contribution in [0.1, 0.15) is 58.2 Å². The van der Waals surface area contributed by atoms with Crippen molar-refractivity contribution in [2.75, 3.05) is 0 Å². The number of nitrogens with one attached hydrogen (secondary N) is 1. The minimum atomic E-state index is -0.0140. The van der Waals surface area contributed by atoms with Crippen molar-refractivity contribution in [3.05, 3.63) is 27.6 Å². The highest BCUT2D eigenvalue weighted by Gasteiger charge is 2.23. The van der Waals surface area contributed by atoms with Crippen LogP contribution in [0.15, 0.2) is 16.2 Å². The summed E-state index contributed by atoms with van der Waals surface area (Å²) < 4.78 is 4.35. The van der Waals surface area contributed by atoms with Gasteiger partial charge in [0.2, 0.25) is 11.7 Å². The van der Waals surface area contributed by atoms with E-state index in [1.165, 1.54) is 30.6 Å². The number of rotatable bonds is 6. The van der Waals surface area contributed by atoms with E-state index in [4.69, 9.17) is 0 Å². The van der Waals surface area contributed by atoms with E-state index in [2.05, 4.69) is 22.4 Å². The van der Waals surface area contributed by atoms with E-state index in [1.807, 2.05) is 22.8 Å². The van der Waals surface area contributed by atoms with Crippen LogP contribution < -0.4 is 10.9 Å². The fraction of sp³-hybridized carbons (Fsp3) is 0.600. The molecule has 0 spiro atoms. The third-order valence-electron chi connectivity index (χ3n) is 5.86. The first-order chi connectivity index (χ1) is 13.6. The Bertz CT molecular complexity index is 1050. The van der Waals surface area contributed by atoms with E-state index in [-0.39, 0.29) is 11.5 Å². The lowest BCUT2D eigenvalue weighted by Crippen LogP contribution is -2.40. The maximum atomic E-state index is 12.6. The van der Waals surface area contributed by atoms with Gasteiger partial charge in [-0.1, -0.05) is 19.8 Å². The number of nitrogens with zero attached hydrogens (tertiary/aromatic N) is 4. The Kier molecular flexibility index (Phi) is 5.48. The largest absolute Gasteiger partial charge is 0.353 e. The van der Waals surface area contributed by atoms with Crippen LogP contribution >= 0.6 is 11.3 Å². The second-order valence-corrected chi connectivity index (χ2v) is 8.64. The molecular weight excluding hydrogens is 374 g/mol. The molecule has 1 saturated carbocycles. The molecule has 2 atom stereocenters. The van der Waals surface area contributed by atoms with E-state index in [9.17, 15) is 9.59 Å². The van der Waals surface area contributed by atoms with Crippen LogP contribution in [-0.4, -0.2) is 31.1 Å². The zero-order valence-electron chi connectivity index (χ0n) is 16.5. The van der Waals surface area contributed by atoms with E-state index >= 15 is 0 Å². The van der Waals surface area contributed by atoms with E-state index in [0.717, 1.165) is 22.5 Å². The van der Waals surface area contributed by atoms with Gasteiger partial charge in [0.05, 0.1) is 5.52 Å². The van der Waals surface area contributed by atoms with Crippen LogP contribution in [0.3, 0.4) is 0 Å². The highest BCUT2D eigenvalue weighted by Crippen LogP contribution is 2.24. The maximum Gasteiger partial charge on any atom is 0.272 e. The number of carbonyl (C=O) groups is 1. The molecule has 3 aromatic heterocycles. The molecule has 1 amide bonds. The smallest absolute Gasteiger partial charge is 0.272 e. The van der Waals surface area contributed by atoms with Crippen molar-refractivity contribution >= 4 is 33.2 Å². The van der Waals surface area contributed by atoms with Crippen molar-refractivity contribution in [2.24, 2.45) is 5.92 Å². The quantitative estimate of drug-likeness (QED) is 0.688. The summed E-state index contributed by atoms with van der Waals surface area (Å²) in [5.41, 5.74) is 0.843. The van der Waals surface area contributed by atoms with Crippen molar-refractivity contribution in [2.45, 2.75) is 71.4 Å². The second kappa shape index (κ2) is 8.03. The Morgan fingerprint density at radius 3 is 2.93 bits per heavy atom. The summed E-state index contributed by atoms with van der Waals surface area (Å²) in [7, 11) is 0. The van der Waals surface area contributed by atoms with Crippen molar-refractivity contribution in [1.82, 2.24) is 24.5 Å². The van der Waals surface area contributed by atoms with Gasteiger partial charge >= 0.3 is 0 Å². The lowest BCUT2D eigenvalue weighted by atomic mass is 9.86. The molecule has 0 aliphatic heterocycles. The van der Waals surface area contributed by atoms with Crippen LogP contribution in [0, 0.1) is 5.92 Å². The number of aryl methyl sites for hydroxylation is 2. The molecule has 3 aromatic rings. The van der Waals surface area contributed by atoms with Gasteiger partial charge in [0.15, 0.2) is 0 Å². The zero-order chi connectivity index (χ0) is 19.7. The maximum absolute atomic E-state index is 12.6. The molecule has 8 heteroatoms. The monoisotopic (exact) mass is 401 g/mol. The van der Waals surface area contributed by atoms with Gasteiger partial charge < -0.3 is 5.32 Å². The van der Waals surface area contributed by atoms with Gasteiger partial charge in [0.25, 0.3) is 5.56 Å². The third kappa shape index (κ3) is 3.45. The normalized spacial score (nSPS) is 20.1. The van der Waals surface area contributed by atoms with Gasteiger partial charge in [0.1, 0.15) is 10.5 Å². The number of hydrogen-bond acceptors (Lipinski definition) is 5. The van der Waals surface area contributed by atoms with Gasteiger partial charge in [-0.25, -0.2) is 0 Å². The molecule has 150 valence electrons. The standard InChI is InChI=1S/C20H27N5O2S/c1-3-24-19(27)18-15(11-12-28-18)25-16(22-23-20(24)25)9-6-10-17(26)21-14-8-5-4-7-13(14)2/h11-14H,3-10H2,1-2H3,(H,21,26)/t13-,14+/m0/s1. The van der Waals surface area contributed by atoms with Crippen LogP contribution in [0.2, 0.25) is 0 Å². The highest BCUT2D eigenvalue weighted by atomic mass is 32.1. The van der Waals surface area contributed by atoms with Gasteiger partial charge in [-0.05, 0) is 43.6 Å². The summed E-state index contributed by atoms with van der Waals surface area (Å²) in [6.45, 7) is 4.72. The van der Waals surface area contributed by atoms with Gasteiger partial charge in [0, 0.05) is 25.4 Å². The van der Waals surface area contributed by atoms with Crippen molar-refractivity contribution < 1.29 is 4.79 Å². The molecule has 4 rings (SSSR count). The fourth-order valence-electron chi connectivity index (χ4n) is 4.24. The minimum Gasteiger partial charge on any atom is -0.353 e. The molecule has 0 unspecified atom stereocenters. The molecule has 1 fully saturated rings. The van der Waals surface area contributed by atoms with E-state index in [1.54, 1.807) is 4.57 Å². The lowest BCUT2D eigenvalue weighted by Gasteiger charge is -2.29. The number of hydrogen-bond donors (Lipinski definition) is 1. The average Bonchev–Trinajstić information content (AvgIpc) is 3.31. The van der Waals surface area contributed by atoms with E-state index in [0.29, 0.717) is 43.5 Å².